The number of carbonyl (C=O) groups is 2. The number of hydrogen-bond donors (Lipinski definition) is 1. The monoisotopic (exact) mass is 368 g/mol. The van der Waals surface area contributed by atoms with Crippen LogP contribution in [0.15, 0.2) is 48.5 Å². The molecule has 0 saturated heterocycles. The average molecular weight is 368 g/mol. The molecule has 1 N–H and O–H groups in total. The highest BCUT2D eigenvalue weighted by Crippen LogP contribution is 2.32. The van der Waals surface area contributed by atoms with Gasteiger partial charge in [-0.2, -0.15) is 0 Å². The first-order valence-corrected chi connectivity index (χ1v) is 9.06. The third-order valence-electron chi connectivity index (χ3n) is 4.44. The predicted octanol–water partition coefficient (Wildman–Crippen LogP) is 2.51. The number of benzene rings is 2. The van der Waals surface area contributed by atoms with Gasteiger partial charge < -0.3 is 19.7 Å². The Bertz CT molecular complexity index is 792. The van der Waals surface area contributed by atoms with Crippen LogP contribution in [0, 0.1) is 0 Å². The Morgan fingerprint density at radius 2 is 1.81 bits per heavy atom. The molecule has 2 aromatic rings. The van der Waals surface area contributed by atoms with E-state index >= 15 is 0 Å². The smallest absolute Gasteiger partial charge is 0.231 e. The van der Waals surface area contributed by atoms with E-state index < -0.39 is 0 Å². The summed E-state index contributed by atoms with van der Waals surface area (Å²) in [6.07, 6.45) is 1.07. The highest BCUT2D eigenvalue weighted by Gasteiger charge is 2.16. The lowest BCUT2D eigenvalue weighted by Gasteiger charge is -2.21. The number of rotatable bonds is 8. The van der Waals surface area contributed by atoms with E-state index in [0.29, 0.717) is 31.1 Å². The van der Waals surface area contributed by atoms with Crippen molar-refractivity contribution in [1.29, 1.82) is 0 Å². The van der Waals surface area contributed by atoms with Crippen molar-refractivity contribution in [2.24, 2.45) is 0 Å². The van der Waals surface area contributed by atoms with Gasteiger partial charge in [-0.25, -0.2) is 0 Å². The second-order valence-corrected chi connectivity index (χ2v) is 6.46. The molecule has 0 unspecified atom stereocenters. The molecule has 6 nitrogen and oxygen atoms in total. The molecule has 0 saturated carbocycles. The molecule has 0 aromatic heterocycles. The summed E-state index contributed by atoms with van der Waals surface area (Å²) < 4.78 is 10.7. The zero-order valence-corrected chi connectivity index (χ0v) is 15.4. The zero-order chi connectivity index (χ0) is 19.1. The highest BCUT2D eigenvalue weighted by atomic mass is 16.7. The van der Waals surface area contributed by atoms with Crippen LogP contribution < -0.4 is 14.8 Å². The van der Waals surface area contributed by atoms with Gasteiger partial charge in [0.25, 0.3) is 0 Å². The number of nitrogens with zero attached hydrogens (tertiary/aromatic N) is 1. The fourth-order valence-electron chi connectivity index (χ4n) is 2.92. The maximum atomic E-state index is 12.1. The van der Waals surface area contributed by atoms with E-state index in [-0.39, 0.29) is 25.0 Å². The molecule has 6 heteroatoms. The summed E-state index contributed by atoms with van der Waals surface area (Å²) in [4.78, 5) is 25.7. The zero-order valence-electron chi connectivity index (χ0n) is 15.4. The van der Waals surface area contributed by atoms with E-state index in [9.17, 15) is 9.59 Å². The molecular weight excluding hydrogens is 344 g/mol. The van der Waals surface area contributed by atoms with Crippen LogP contribution in [0.1, 0.15) is 24.5 Å². The van der Waals surface area contributed by atoms with E-state index in [1.165, 1.54) is 12.5 Å². The van der Waals surface area contributed by atoms with Crippen molar-refractivity contribution in [2.75, 3.05) is 19.9 Å². The van der Waals surface area contributed by atoms with Crippen molar-refractivity contribution in [3.63, 3.8) is 0 Å². The third kappa shape index (κ3) is 5.48. The Morgan fingerprint density at radius 3 is 2.59 bits per heavy atom. The maximum absolute atomic E-state index is 12.1. The minimum atomic E-state index is -0.0650. The lowest BCUT2D eigenvalue weighted by Crippen LogP contribution is -2.34. The molecule has 27 heavy (non-hydrogen) atoms. The molecule has 0 radical (unpaired) electrons. The SMILES string of the molecule is CC(=O)N(CCC(=O)NCCc1ccccc1)Cc1ccc2c(c1)OCO2. The standard InChI is InChI=1S/C21H24N2O4/c1-16(24)23(14-18-7-8-19-20(13-18)27-15-26-19)12-10-21(25)22-11-9-17-5-3-2-4-6-17/h2-8,13H,9-12,14-15H2,1H3,(H,22,25). The summed E-state index contributed by atoms with van der Waals surface area (Å²) in [6, 6.07) is 15.6. The fourth-order valence-corrected chi connectivity index (χ4v) is 2.92. The van der Waals surface area contributed by atoms with Crippen LogP contribution in [0.25, 0.3) is 0 Å². The van der Waals surface area contributed by atoms with Gasteiger partial charge in [0.05, 0.1) is 0 Å². The fraction of sp³-hybridized carbons (Fsp3) is 0.333. The Hall–Kier alpha value is -3.02. The summed E-state index contributed by atoms with van der Waals surface area (Å²) in [6.45, 7) is 3.13. The number of fused-ring (bicyclic) bond motifs is 1. The van der Waals surface area contributed by atoms with Gasteiger partial charge in [-0.05, 0) is 29.7 Å². The number of ether oxygens (including phenoxy) is 2. The maximum Gasteiger partial charge on any atom is 0.231 e. The van der Waals surface area contributed by atoms with Gasteiger partial charge in [-0.1, -0.05) is 36.4 Å². The van der Waals surface area contributed by atoms with Crippen molar-refractivity contribution in [3.05, 3.63) is 59.7 Å². The van der Waals surface area contributed by atoms with Gasteiger partial charge in [-0.15, -0.1) is 0 Å². The van der Waals surface area contributed by atoms with Crippen molar-refractivity contribution >= 4 is 11.8 Å². The largest absolute Gasteiger partial charge is 0.454 e. The number of hydrogen-bond acceptors (Lipinski definition) is 4. The molecule has 0 aliphatic carbocycles. The first kappa shape index (κ1) is 18.8. The lowest BCUT2D eigenvalue weighted by molar-refractivity contribution is -0.130. The van der Waals surface area contributed by atoms with Crippen LogP contribution in [0.2, 0.25) is 0 Å². The Balaban J connectivity index is 1.45. The van der Waals surface area contributed by atoms with Crippen molar-refractivity contribution in [1.82, 2.24) is 10.2 Å². The minimum Gasteiger partial charge on any atom is -0.454 e. The minimum absolute atomic E-state index is 0.0529. The first-order valence-electron chi connectivity index (χ1n) is 9.06. The second kappa shape index (κ2) is 9.07. The van der Waals surface area contributed by atoms with E-state index in [0.717, 1.165) is 12.0 Å². The second-order valence-electron chi connectivity index (χ2n) is 6.46. The van der Waals surface area contributed by atoms with Crippen molar-refractivity contribution in [2.45, 2.75) is 26.3 Å². The Kier molecular flexibility index (Phi) is 6.30. The van der Waals surface area contributed by atoms with Gasteiger partial charge in [0.1, 0.15) is 0 Å². The normalized spacial score (nSPS) is 11.9. The Morgan fingerprint density at radius 1 is 1.04 bits per heavy atom. The Labute approximate surface area is 159 Å². The van der Waals surface area contributed by atoms with E-state index in [1.807, 2.05) is 48.5 Å². The number of nitrogens with one attached hydrogen (secondary N) is 1. The van der Waals surface area contributed by atoms with E-state index in [2.05, 4.69) is 5.32 Å². The lowest BCUT2D eigenvalue weighted by atomic mass is 10.1. The van der Waals surface area contributed by atoms with Crippen molar-refractivity contribution in [3.8, 4) is 11.5 Å². The van der Waals surface area contributed by atoms with Crippen LogP contribution >= 0.6 is 0 Å². The highest BCUT2D eigenvalue weighted by molar-refractivity contribution is 5.78. The summed E-state index contributed by atoms with van der Waals surface area (Å²) in [5, 5.41) is 2.91. The van der Waals surface area contributed by atoms with Crippen LogP contribution in [0.4, 0.5) is 0 Å². The quantitative estimate of drug-likeness (QED) is 0.777. The van der Waals surface area contributed by atoms with Gasteiger partial charge >= 0.3 is 0 Å². The van der Waals surface area contributed by atoms with Gasteiger partial charge in [-0.3, -0.25) is 9.59 Å². The summed E-state index contributed by atoms with van der Waals surface area (Å²) >= 11 is 0. The van der Waals surface area contributed by atoms with Crippen LogP contribution in [0.3, 0.4) is 0 Å². The molecule has 1 aliphatic rings. The molecule has 0 fully saturated rings. The van der Waals surface area contributed by atoms with E-state index in [4.69, 9.17) is 9.47 Å². The molecule has 142 valence electrons. The molecule has 0 atom stereocenters. The number of carbonyl (C=O) groups excluding carboxylic acids is 2. The van der Waals surface area contributed by atoms with E-state index in [1.54, 1.807) is 4.90 Å². The average Bonchev–Trinajstić information content (AvgIpc) is 3.13. The van der Waals surface area contributed by atoms with Gasteiger partial charge in [0.15, 0.2) is 11.5 Å². The predicted molar refractivity (Wildman–Crippen MR) is 101 cm³/mol. The molecule has 3 rings (SSSR count). The summed E-state index contributed by atoms with van der Waals surface area (Å²) in [7, 11) is 0. The molecule has 2 aromatic carbocycles. The summed E-state index contributed by atoms with van der Waals surface area (Å²) in [5.74, 6) is 1.29. The molecule has 2 amide bonds. The van der Waals surface area contributed by atoms with Gasteiger partial charge in [0, 0.05) is 33.0 Å². The van der Waals surface area contributed by atoms with Crippen molar-refractivity contribution < 1.29 is 19.1 Å². The van der Waals surface area contributed by atoms with Crippen LogP contribution in [0.5, 0.6) is 11.5 Å². The van der Waals surface area contributed by atoms with Crippen LogP contribution in [-0.2, 0) is 22.6 Å². The first-order chi connectivity index (χ1) is 13.1. The molecular formula is C21H24N2O4. The molecule has 0 bridgehead atoms. The topological polar surface area (TPSA) is 67.9 Å². The van der Waals surface area contributed by atoms with Crippen LogP contribution in [-0.4, -0.2) is 36.6 Å². The number of amides is 2. The molecule has 1 aliphatic heterocycles. The third-order valence-corrected chi connectivity index (χ3v) is 4.44. The molecule has 0 spiro atoms. The summed E-state index contributed by atoms with van der Waals surface area (Å²) in [5.41, 5.74) is 2.13. The molecule has 1 heterocycles. The van der Waals surface area contributed by atoms with Gasteiger partial charge in [0.2, 0.25) is 18.6 Å².